The average Bonchev–Trinajstić information content (AvgIpc) is 2.46. The smallest absolute Gasteiger partial charge is 0.140 e. The number of anilines is 1. The molecule has 0 bridgehead atoms. The number of hydrogen-bond acceptors (Lipinski definition) is 4. The molecule has 2 aromatic rings. The zero-order valence-electron chi connectivity index (χ0n) is 11.8. The topological polar surface area (TPSA) is 38.2 Å². The molecule has 1 fully saturated rings. The van der Waals surface area contributed by atoms with Gasteiger partial charge in [-0.15, -0.1) is 0 Å². The number of nitrogens with zero attached hydrogens (tertiary/aromatic N) is 3. The van der Waals surface area contributed by atoms with E-state index < -0.39 is 0 Å². The number of morpholine rings is 1. The third-order valence-electron chi connectivity index (χ3n) is 3.96. The second kappa shape index (κ2) is 4.98. The Kier molecular flexibility index (Phi) is 3.30. The summed E-state index contributed by atoms with van der Waals surface area (Å²) in [6.07, 6.45) is 2.47. The van der Waals surface area contributed by atoms with Gasteiger partial charge < -0.3 is 9.64 Å². The van der Waals surface area contributed by atoms with Crippen LogP contribution in [0.4, 0.5) is 10.2 Å². The van der Waals surface area contributed by atoms with E-state index in [0.29, 0.717) is 6.61 Å². The van der Waals surface area contributed by atoms with Gasteiger partial charge in [-0.3, -0.25) is 0 Å². The highest BCUT2D eigenvalue weighted by molar-refractivity contribution is 5.89. The minimum Gasteiger partial charge on any atom is -0.372 e. The molecule has 1 aromatic heterocycles. The van der Waals surface area contributed by atoms with Gasteiger partial charge >= 0.3 is 0 Å². The maximum absolute atomic E-state index is 13.5. The molecule has 106 valence electrons. The molecule has 5 heteroatoms. The molecule has 0 aliphatic carbocycles. The van der Waals surface area contributed by atoms with Gasteiger partial charge in [-0.25, -0.2) is 14.4 Å². The van der Waals surface area contributed by atoms with Gasteiger partial charge in [0.2, 0.25) is 0 Å². The molecular formula is C15H18FN3O. The summed E-state index contributed by atoms with van der Waals surface area (Å²) in [5.41, 5.74) is 0.587. The molecule has 1 aliphatic rings. The molecule has 0 N–H and O–H groups in total. The van der Waals surface area contributed by atoms with Crippen LogP contribution in [0, 0.1) is 5.82 Å². The fourth-order valence-electron chi connectivity index (χ4n) is 2.59. The monoisotopic (exact) mass is 275 g/mol. The Balaban J connectivity index is 2.03. The predicted octanol–water partition coefficient (Wildman–Crippen LogP) is 2.77. The van der Waals surface area contributed by atoms with Crippen molar-refractivity contribution in [1.29, 1.82) is 0 Å². The second-order valence-corrected chi connectivity index (χ2v) is 5.43. The number of benzene rings is 1. The molecule has 0 spiro atoms. The highest BCUT2D eigenvalue weighted by Crippen LogP contribution is 2.29. The zero-order chi connectivity index (χ0) is 14.2. The second-order valence-electron chi connectivity index (χ2n) is 5.43. The van der Waals surface area contributed by atoms with Crippen molar-refractivity contribution in [2.45, 2.75) is 25.9 Å². The van der Waals surface area contributed by atoms with Crippen LogP contribution in [0.25, 0.3) is 10.9 Å². The Bertz CT molecular complexity index is 634. The van der Waals surface area contributed by atoms with Crippen molar-refractivity contribution < 1.29 is 9.13 Å². The molecule has 3 rings (SSSR count). The lowest BCUT2D eigenvalue weighted by Gasteiger charge is -2.40. The molecule has 2 heterocycles. The van der Waals surface area contributed by atoms with E-state index in [0.717, 1.165) is 36.2 Å². The van der Waals surface area contributed by atoms with Crippen LogP contribution in [0.5, 0.6) is 0 Å². The molecule has 1 aliphatic heterocycles. The van der Waals surface area contributed by atoms with Crippen molar-refractivity contribution >= 4 is 16.7 Å². The van der Waals surface area contributed by atoms with E-state index in [1.54, 1.807) is 6.07 Å². The van der Waals surface area contributed by atoms with Gasteiger partial charge in [0.25, 0.3) is 0 Å². The summed E-state index contributed by atoms with van der Waals surface area (Å²) < 4.78 is 19.3. The first-order valence-electron chi connectivity index (χ1n) is 6.90. The van der Waals surface area contributed by atoms with Gasteiger partial charge in [0, 0.05) is 18.5 Å². The SMILES string of the molecule is CCC1(C)CN(c2ncnc3ccc(F)cc23)CCO1. The molecule has 0 amide bonds. The van der Waals surface area contributed by atoms with Crippen molar-refractivity contribution in [3.63, 3.8) is 0 Å². The first-order chi connectivity index (χ1) is 9.61. The van der Waals surface area contributed by atoms with Gasteiger partial charge in [0.05, 0.1) is 17.7 Å². The lowest BCUT2D eigenvalue weighted by Crippen LogP contribution is -2.50. The van der Waals surface area contributed by atoms with Crippen LogP contribution in [0.2, 0.25) is 0 Å². The molecule has 1 unspecified atom stereocenters. The lowest BCUT2D eigenvalue weighted by atomic mass is 10.0. The van der Waals surface area contributed by atoms with E-state index in [2.05, 4.69) is 28.7 Å². The summed E-state index contributed by atoms with van der Waals surface area (Å²) in [6, 6.07) is 4.62. The van der Waals surface area contributed by atoms with E-state index >= 15 is 0 Å². The Morgan fingerprint density at radius 2 is 2.25 bits per heavy atom. The van der Waals surface area contributed by atoms with Crippen molar-refractivity contribution in [3.05, 3.63) is 30.3 Å². The standard InChI is InChI=1S/C15H18FN3O/c1-3-15(2)9-19(6-7-20-15)14-12-8-11(16)4-5-13(12)17-10-18-14/h4-5,8,10H,3,6-7,9H2,1-2H3. The number of fused-ring (bicyclic) bond motifs is 1. The summed E-state index contributed by atoms with van der Waals surface area (Å²) in [4.78, 5) is 10.7. The maximum atomic E-state index is 13.5. The Morgan fingerprint density at radius 1 is 1.40 bits per heavy atom. The number of halogens is 1. The average molecular weight is 275 g/mol. The Morgan fingerprint density at radius 3 is 3.05 bits per heavy atom. The van der Waals surface area contributed by atoms with Crippen LogP contribution >= 0.6 is 0 Å². The minimum atomic E-state index is -0.264. The van der Waals surface area contributed by atoms with Gasteiger partial charge in [-0.05, 0) is 31.5 Å². The van der Waals surface area contributed by atoms with Crippen LogP contribution in [0.3, 0.4) is 0 Å². The van der Waals surface area contributed by atoms with Gasteiger partial charge in [-0.1, -0.05) is 6.92 Å². The molecule has 1 aromatic carbocycles. The van der Waals surface area contributed by atoms with Crippen molar-refractivity contribution in [2.75, 3.05) is 24.6 Å². The van der Waals surface area contributed by atoms with E-state index in [4.69, 9.17) is 4.74 Å². The van der Waals surface area contributed by atoms with Crippen molar-refractivity contribution in [1.82, 2.24) is 9.97 Å². The van der Waals surface area contributed by atoms with Crippen LogP contribution in [-0.2, 0) is 4.74 Å². The Labute approximate surface area is 117 Å². The third kappa shape index (κ3) is 2.33. The normalized spacial score (nSPS) is 23.2. The van der Waals surface area contributed by atoms with E-state index in [9.17, 15) is 4.39 Å². The Hall–Kier alpha value is -1.75. The van der Waals surface area contributed by atoms with Gasteiger partial charge in [0.1, 0.15) is 18.0 Å². The molecular weight excluding hydrogens is 257 g/mol. The molecule has 1 atom stereocenters. The van der Waals surface area contributed by atoms with E-state index in [1.165, 1.54) is 18.5 Å². The molecule has 1 saturated heterocycles. The van der Waals surface area contributed by atoms with Crippen molar-refractivity contribution in [3.8, 4) is 0 Å². The fraction of sp³-hybridized carbons (Fsp3) is 0.467. The summed E-state index contributed by atoms with van der Waals surface area (Å²) >= 11 is 0. The lowest BCUT2D eigenvalue weighted by molar-refractivity contribution is -0.0442. The zero-order valence-corrected chi connectivity index (χ0v) is 11.8. The first kappa shape index (κ1) is 13.2. The molecule has 0 radical (unpaired) electrons. The predicted molar refractivity (Wildman–Crippen MR) is 76.4 cm³/mol. The van der Waals surface area contributed by atoms with Crippen LogP contribution < -0.4 is 4.90 Å². The summed E-state index contributed by atoms with van der Waals surface area (Å²) in [5, 5.41) is 0.757. The van der Waals surface area contributed by atoms with Gasteiger partial charge in [-0.2, -0.15) is 0 Å². The van der Waals surface area contributed by atoms with Crippen LogP contribution in [0.1, 0.15) is 20.3 Å². The first-order valence-corrected chi connectivity index (χ1v) is 6.90. The largest absolute Gasteiger partial charge is 0.372 e. The number of ether oxygens (including phenoxy) is 1. The third-order valence-corrected chi connectivity index (χ3v) is 3.96. The molecule has 20 heavy (non-hydrogen) atoms. The summed E-state index contributed by atoms with van der Waals surface area (Å²) in [5.74, 6) is 0.525. The highest BCUT2D eigenvalue weighted by Gasteiger charge is 2.31. The minimum absolute atomic E-state index is 0.178. The quantitative estimate of drug-likeness (QED) is 0.844. The van der Waals surface area contributed by atoms with Crippen LogP contribution in [0.15, 0.2) is 24.5 Å². The molecule has 4 nitrogen and oxygen atoms in total. The number of rotatable bonds is 2. The van der Waals surface area contributed by atoms with Crippen molar-refractivity contribution in [2.24, 2.45) is 0 Å². The van der Waals surface area contributed by atoms with E-state index in [1.807, 2.05) is 0 Å². The number of aromatic nitrogens is 2. The van der Waals surface area contributed by atoms with Crippen LogP contribution in [-0.4, -0.2) is 35.3 Å². The molecule has 0 saturated carbocycles. The number of hydrogen-bond donors (Lipinski definition) is 0. The van der Waals surface area contributed by atoms with Gasteiger partial charge in [0.15, 0.2) is 0 Å². The highest BCUT2D eigenvalue weighted by atomic mass is 19.1. The summed E-state index contributed by atoms with van der Waals surface area (Å²) in [7, 11) is 0. The summed E-state index contributed by atoms with van der Waals surface area (Å²) in [6.45, 7) is 6.39. The maximum Gasteiger partial charge on any atom is 0.140 e. The fourth-order valence-corrected chi connectivity index (χ4v) is 2.59. The van der Waals surface area contributed by atoms with E-state index in [-0.39, 0.29) is 11.4 Å².